The second-order valence-electron chi connectivity index (χ2n) is 5.16. The summed E-state index contributed by atoms with van der Waals surface area (Å²) in [6, 6.07) is 4.92. The van der Waals surface area contributed by atoms with E-state index < -0.39 is 11.2 Å². The number of aromatic amines is 1. The average molecular weight is 314 g/mol. The van der Waals surface area contributed by atoms with E-state index in [1.807, 2.05) is 6.92 Å². The van der Waals surface area contributed by atoms with Crippen LogP contribution >= 0.6 is 0 Å². The molecule has 0 saturated heterocycles. The molecule has 9 heteroatoms. The Hall–Kier alpha value is -3.23. The Morgan fingerprint density at radius 2 is 1.91 bits per heavy atom. The van der Waals surface area contributed by atoms with Crippen molar-refractivity contribution in [2.75, 3.05) is 0 Å². The van der Waals surface area contributed by atoms with Gasteiger partial charge in [-0.2, -0.15) is 4.98 Å². The number of benzene rings is 1. The molecule has 23 heavy (non-hydrogen) atoms. The van der Waals surface area contributed by atoms with Gasteiger partial charge < -0.3 is 10.1 Å². The van der Waals surface area contributed by atoms with E-state index in [-0.39, 0.29) is 28.5 Å². The maximum absolute atomic E-state index is 12.1. The van der Waals surface area contributed by atoms with Crippen molar-refractivity contribution in [1.29, 1.82) is 0 Å². The smallest absolute Gasteiger partial charge is 0.332 e. The minimum Gasteiger partial charge on any atom is -0.506 e. The molecule has 1 aromatic carbocycles. The Kier molecular flexibility index (Phi) is 3.32. The highest BCUT2D eigenvalue weighted by Gasteiger charge is 2.13. The third kappa shape index (κ3) is 2.41. The number of fused-ring (bicyclic) bond motifs is 1. The van der Waals surface area contributed by atoms with Gasteiger partial charge in [-0.1, -0.05) is 6.07 Å². The third-order valence-electron chi connectivity index (χ3n) is 3.47. The number of nitrogens with one attached hydrogen (secondary N) is 1. The molecule has 9 nitrogen and oxygen atoms in total. The zero-order chi connectivity index (χ0) is 16.7. The van der Waals surface area contributed by atoms with Gasteiger partial charge in [0.05, 0.1) is 0 Å². The summed E-state index contributed by atoms with van der Waals surface area (Å²) in [5, 5.41) is 17.5. The summed E-state index contributed by atoms with van der Waals surface area (Å²) in [4.78, 5) is 30.7. The van der Waals surface area contributed by atoms with Crippen molar-refractivity contribution in [2.24, 2.45) is 24.3 Å². The maximum Gasteiger partial charge on any atom is 0.332 e. The first-order chi connectivity index (χ1) is 10.9. The van der Waals surface area contributed by atoms with Crippen molar-refractivity contribution < 1.29 is 5.11 Å². The third-order valence-corrected chi connectivity index (χ3v) is 3.47. The van der Waals surface area contributed by atoms with E-state index >= 15 is 0 Å². The van der Waals surface area contributed by atoms with Crippen LogP contribution in [0.5, 0.6) is 5.75 Å². The lowest BCUT2D eigenvalue weighted by Gasteiger charge is -2.00. The number of imidazole rings is 1. The van der Waals surface area contributed by atoms with E-state index in [1.165, 1.54) is 24.7 Å². The Morgan fingerprint density at radius 1 is 1.17 bits per heavy atom. The predicted octanol–water partition coefficient (Wildman–Crippen LogP) is 1.39. The number of aromatic nitrogens is 4. The Labute approximate surface area is 129 Å². The molecule has 0 saturated carbocycles. The zero-order valence-electron chi connectivity index (χ0n) is 12.7. The molecule has 2 heterocycles. The van der Waals surface area contributed by atoms with E-state index in [9.17, 15) is 14.7 Å². The van der Waals surface area contributed by atoms with E-state index in [4.69, 9.17) is 0 Å². The predicted molar refractivity (Wildman–Crippen MR) is 83.6 cm³/mol. The summed E-state index contributed by atoms with van der Waals surface area (Å²) in [5.41, 5.74) is 0.590. The second-order valence-corrected chi connectivity index (χ2v) is 5.16. The number of hydrogen-bond donors (Lipinski definition) is 2. The normalized spacial score (nSPS) is 11.6. The maximum atomic E-state index is 12.1. The van der Waals surface area contributed by atoms with Crippen LogP contribution in [0.4, 0.5) is 11.6 Å². The average Bonchev–Trinajstić information content (AvgIpc) is 2.96. The molecular formula is C14H14N6O3. The van der Waals surface area contributed by atoms with Gasteiger partial charge in [0.25, 0.3) is 5.56 Å². The Morgan fingerprint density at radius 3 is 2.65 bits per heavy atom. The number of aryl methyl sites for hydroxylation is 2. The highest BCUT2D eigenvalue weighted by atomic mass is 16.3. The van der Waals surface area contributed by atoms with Crippen LogP contribution in [0.2, 0.25) is 0 Å². The lowest BCUT2D eigenvalue weighted by molar-refractivity contribution is 0.476. The number of hydrogen-bond acceptors (Lipinski definition) is 6. The molecule has 0 bridgehead atoms. The van der Waals surface area contributed by atoms with Gasteiger partial charge in [-0.15, -0.1) is 10.2 Å². The lowest BCUT2D eigenvalue weighted by atomic mass is 10.2. The molecule has 3 aromatic rings. The summed E-state index contributed by atoms with van der Waals surface area (Å²) < 4.78 is 2.23. The van der Waals surface area contributed by atoms with Crippen molar-refractivity contribution in [2.45, 2.75) is 6.92 Å². The number of rotatable bonds is 2. The Balaban J connectivity index is 2.12. The van der Waals surface area contributed by atoms with E-state index in [0.29, 0.717) is 0 Å². The van der Waals surface area contributed by atoms with Gasteiger partial charge in [0.1, 0.15) is 11.4 Å². The minimum atomic E-state index is -0.490. The molecule has 0 amide bonds. The van der Waals surface area contributed by atoms with E-state index in [2.05, 4.69) is 20.2 Å². The largest absolute Gasteiger partial charge is 0.506 e. The second kappa shape index (κ2) is 5.20. The highest BCUT2D eigenvalue weighted by Crippen LogP contribution is 2.28. The molecule has 0 atom stereocenters. The number of nitrogens with zero attached hydrogens (tertiary/aromatic N) is 5. The minimum absolute atomic E-state index is 0.0150. The van der Waals surface area contributed by atoms with Crippen molar-refractivity contribution in [1.82, 2.24) is 19.1 Å². The SMILES string of the molecule is Cc1ccc(O)c(N=Nc2nc3c([nH]2)c(=O)n(C)c(=O)n3C)c1. The van der Waals surface area contributed by atoms with Crippen LogP contribution in [0.3, 0.4) is 0 Å². The van der Waals surface area contributed by atoms with Crippen LogP contribution in [0, 0.1) is 6.92 Å². The van der Waals surface area contributed by atoms with Crippen molar-refractivity contribution in [3.8, 4) is 5.75 Å². The first-order valence-corrected chi connectivity index (χ1v) is 6.75. The molecule has 0 spiro atoms. The first-order valence-electron chi connectivity index (χ1n) is 6.75. The van der Waals surface area contributed by atoms with Gasteiger partial charge in [-0.25, -0.2) is 4.79 Å². The number of phenols is 1. The molecule has 2 N–H and O–H groups in total. The quantitative estimate of drug-likeness (QED) is 0.695. The summed E-state index contributed by atoms with van der Waals surface area (Å²) in [7, 11) is 2.90. The fourth-order valence-corrected chi connectivity index (χ4v) is 2.18. The Bertz CT molecular complexity index is 1060. The molecule has 0 aliphatic carbocycles. The van der Waals surface area contributed by atoms with Gasteiger partial charge in [0.2, 0.25) is 5.95 Å². The zero-order valence-corrected chi connectivity index (χ0v) is 12.7. The molecule has 3 rings (SSSR count). The number of aromatic hydroxyl groups is 1. The van der Waals surface area contributed by atoms with Gasteiger partial charge in [-0.05, 0) is 24.6 Å². The number of phenolic OH excluding ortho intramolecular Hbond substituents is 1. The van der Waals surface area contributed by atoms with Crippen LogP contribution in [0.1, 0.15) is 5.56 Å². The summed E-state index contributed by atoms with van der Waals surface area (Å²) in [5.74, 6) is 0.0537. The van der Waals surface area contributed by atoms with Crippen LogP contribution in [-0.4, -0.2) is 24.2 Å². The van der Waals surface area contributed by atoms with Crippen LogP contribution in [-0.2, 0) is 14.1 Å². The molecule has 0 aliphatic heterocycles. The van der Waals surface area contributed by atoms with Crippen molar-refractivity contribution in [3.05, 3.63) is 44.6 Å². The molecule has 0 fully saturated rings. The number of azo groups is 1. The van der Waals surface area contributed by atoms with Crippen LogP contribution < -0.4 is 11.2 Å². The summed E-state index contributed by atoms with van der Waals surface area (Å²) >= 11 is 0. The van der Waals surface area contributed by atoms with Gasteiger partial charge in [0.15, 0.2) is 11.2 Å². The standard InChI is InChI=1S/C14H14N6O3/c1-7-4-5-9(21)8(6-7)17-18-13-15-10-11(16-13)19(2)14(23)20(3)12(10)22/h4-6,21H,1-3H3,(H,15,16). The van der Waals surface area contributed by atoms with Gasteiger partial charge in [0, 0.05) is 14.1 Å². The molecule has 0 unspecified atom stereocenters. The van der Waals surface area contributed by atoms with Gasteiger partial charge in [-0.3, -0.25) is 13.9 Å². The van der Waals surface area contributed by atoms with Crippen LogP contribution in [0.15, 0.2) is 38.0 Å². The monoisotopic (exact) mass is 314 g/mol. The topological polar surface area (TPSA) is 118 Å². The lowest BCUT2D eigenvalue weighted by Crippen LogP contribution is -2.36. The van der Waals surface area contributed by atoms with Crippen molar-refractivity contribution in [3.63, 3.8) is 0 Å². The summed E-state index contributed by atoms with van der Waals surface area (Å²) in [6.07, 6.45) is 0. The molecule has 0 aliphatic rings. The molecule has 2 aromatic heterocycles. The molecule has 0 radical (unpaired) electrons. The number of H-pyrrole nitrogens is 1. The van der Waals surface area contributed by atoms with Crippen molar-refractivity contribution >= 4 is 22.8 Å². The van der Waals surface area contributed by atoms with E-state index in [0.717, 1.165) is 10.1 Å². The fourth-order valence-electron chi connectivity index (χ4n) is 2.18. The fraction of sp³-hybridized carbons (Fsp3) is 0.214. The van der Waals surface area contributed by atoms with Crippen LogP contribution in [0.25, 0.3) is 11.2 Å². The summed E-state index contributed by atoms with van der Waals surface area (Å²) in [6.45, 7) is 1.86. The molecule has 118 valence electrons. The highest BCUT2D eigenvalue weighted by molar-refractivity contribution is 5.71. The first kappa shape index (κ1) is 14.7. The van der Waals surface area contributed by atoms with Gasteiger partial charge >= 0.3 is 5.69 Å². The molecular weight excluding hydrogens is 300 g/mol. The van der Waals surface area contributed by atoms with E-state index in [1.54, 1.807) is 12.1 Å².